The number of hydrogen-bond donors (Lipinski definition) is 2. The Bertz CT molecular complexity index is 694. The molecule has 0 saturated carbocycles. The molecule has 0 aliphatic heterocycles. The normalized spacial score (nSPS) is 12.9. The highest BCUT2D eigenvalue weighted by Gasteiger charge is 2.25. The molecular formula is C14H19ClN6OS. The van der Waals surface area contributed by atoms with Crippen LogP contribution in [0.1, 0.15) is 33.5 Å². The topological polar surface area (TPSA) is 98.7 Å². The van der Waals surface area contributed by atoms with E-state index in [0.717, 1.165) is 0 Å². The summed E-state index contributed by atoms with van der Waals surface area (Å²) in [6, 6.07) is 3.30. The molecule has 124 valence electrons. The van der Waals surface area contributed by atoms with Crippen molar-refractivity contribution in [1.82, 2.24) is 19.9 Å². The monoisotopic (exact) mass is 354 g/mol. The summed E-state index contributed by atoms with van der Waals surface area (Å²) in [5, 5.41) is 11.5. The lowest BCUT2D eigenvalue weighted by Crippen LogP contribution is -2.26. The first kappa shape index (κ1) is 17.6. The molecule has 0 aliphatic carbocycles. The van der Waals surface area contributed by atoms with E-state index in [-0.39, 0.29) is 11.3 Å². The Morgan fingerprint density at radius 3 is 2.61 bits per heavy atom. The number of anilines is 1. The number of nitrogens with two attached hydrogens (primary N) is 1. The molecule has 0 fully saturated rings. The molecule has 2 aromatic heterocycles. The van der Waals surface area contributed by atoms with Gasteiger partial charge in [-0.25, -0.2) is 9.66 Å². The minimum absolute atomic E-state index is 0.204. The maximum absolute atomic E-state index is 12.2. The number of nitrogens with zero attached hydrogens (tertiary/aromatic N) is 4. The zero-order chi connectivity index (χ0) is 17.2. The van der Waals surface area contributed by atoms with Crippen molar-refractivity contribution in [3.05, 3.63) is 29.2 Å². The summed E-state index contributed by atoms with van der Waals surface area (Å²) in [6.45, 7) is 7.76. The first-order valence-corrected chi connectivity index (χ1v) is 8.24. The molecule has 2 heterocycles. The highest BCUT2D eigenvalue weighted by molar-refractivity contribution is 8.00. The van der Waals surface area contributed by atoms with Gasteiger partial charge in [-0.1, -0.05) is 44.1 Å². The van der Waals surface area contributed by atoms with Crippen molar-refractivity contribution in [2.75, 3.05) is 11.2 Å². The van der Waals surface area contributed by atoms with Crippen LogP contribution in [-0.2, 0) is 10.2 Å². The van der Waals surface area contributed by atoms with E-state index in [1.807, 2.05) is 20.8 Å². The number of amides is 1. The van der Waals surface area contributed by atoms with Crippen LogP contribution in [0.3, 0.4) is 0 Å². The van der Waals surface area contributed by atoms with Gasteiger partial charge in [0.15, 0.2) is 5.82 Å². The van der Waals surface area contributed by atoms with Crippen LogP contribution < -0.4 is 11.2 Å². The Morgan fingerprint density at radius 2 is 2.09 bits per heavy atom. The molecule has 9 heteroatoms. The Hall–Kier alpha value is -1.80. The predicted octanol–water partition coefficient (Wildman–Crippen LogP) is 2.46. The van der Waals surface area contributed by atoms with Crippen molar-refractivity contribution in [2.45, 2.75) is 43.5 Å². The summed E-state index contributed by atoms with van der Waals surface area (Å²) in [4.78, 5) is 16.2. The molecule has 2 aromatic rings. The highest BCUT2D eigenvalue weighted by Crippen LogP contribution is 2.26. The number of hydrogen-bond acceptors (Lipinski definition) is 6. The standard InChI is InChI=1S/C14H19ClN6OS/c1-8(11(22)18-10-6-5-9(15)7-17-10)23-13-20-19-12(21(13)16)14(2,3)4/h5-8H,16H2,1-4H3,(H,17,18,22)/t8-/m0/s1. The van der Waals surface area contributed by atoms with Gasteiger partial charge in [-0.05, 0) is 19.1 Å². The second-order valence-electron chi connectivity index (χ2n) is 6.04. The number of halogens is 1. The minimum atomic E-state index is -0.410. The molecule has 3 N–H and O–H groups in total. The zero-order valence-corrected chi connectivity index (χ0v) is 14.9. The number of carbonyl (C=O) groups is 1. The van der Waals surface area contributed by atoms with Crippen LogP contribution >= 0.6 is 23.4 Å². The van der Waals surface area contributed by atoms with Gasteiger partial charge >= 0.3 is 0 Å². The van der Waals surface area contributed by atoms with Crippen molar-refractivity contribution >= 4 is 35.1 Å². The Kier molecular flexibility index (Phi) is 5.16. The van der Waals surface area contributed by atoms with E-state index < -0.39 is 5.25 Å². The predicted molar refractivity (Wildman–Crippen MR) is 92.1 cm³/mol. The number of carbonyl (C=O) groups excluding carboxylic acids is 1. The zero-order valence-electron chi connectivity index (χ0n) is 13.4. The van der Waals surface area contributed by atoms with Crippen LogP contribution in [0.5, 0.6) is 0 Å². The average Bonchev–Trinajstić information content (AvgIpc) is 2.82. The average molecular weight is 355 g/mol. The fourth-order valence-electron chi connectivity index (χ4n) is 1.76. The SMILES string of the molecule is C[C@H](Sc1nnc(C(C)(C)C)n1N)C(=O)Nc1ccc(Cl)cn1. The van der Waals surface area contributed by atoms with Gasteiger partial charge in [0.25, 0.3) is 0 Å². The molecule has 1 amide bonds. The third-order valence-corrected chi connectivity index (χ3v) is 4.25. The summed E-state index contributed by atoms with van der Waals surface area (Å²) in [7, 11) is 0. The first-order chi connectivity index (χ1) is 10.7. The Balaban J connectivity index is 2.04. The van der Waals surface area contributed by atoms with Gasteiger partial charge in [-0.2, -0.15) is 0 Å². The van der Waals surface area contributed by atoms with Crippen LogP contribution in [0.2, 0.25) is 5.02 Å². The highest BCUT2D eigenvalue weighted by atomic mass is 35.5. The van der Waals surface area contributed by atoms with E-state index in [4.69, 9.17) is 17.4 Å². The lowest BCUT2D eigenvalue weighted by Gasteiger charge is -2.17. The maximum Gasteiger partial charge on any atom is 0.238 e. The Labute approximate surface area is 144 Å². The quantitative estimate of drug-likeness (QED) is 0.646. The maximum atomic E-state index is 12.2. The van der Waals surface area contributed by atoms with E-state index >= 15 is 0 Å². The van der Waals surface area contributed by atoms with Crippen molar-refractivity contribution in [1.29, 1.82) is 0 Å². The smallest absolute Gasteiger partial charge is 0.238 e. The van der Waals surface area contributed by atoms with E-state index in [0.29, 0.717) is 21.8 Å². The van der Waals surface area contributed by atoms with E-state index in [2.05, 4.69) is 20.5 Å². The molecule has 1 atom stereocenters. The molecule has 2 rings (SSSR count). The van der Waals surface area contributed by atoms with Gasteiger partial charge in [0, 0.05) is 11.6 Å². The van der Waals surface area contributed by atoms with Gasteiger partial charge in [0.05, 0.1) is 10.3 Å². The van der Waals surface area contributed by atoms with Gasteiger partial charge in [-0.3, -0.25) is 4.79 Å². The fraction of sp³-hybridized carbons (Fsp3) is 0.429. The van der Waals surface area contributed by atoms with E-state index in [1.165, 1.54) is 22.6 Å². The molecule has 0 aliphatic rings. The number of rotatable bonds is 4. The van der Waals surface area contributed by atoms with Gasteiger partial charge in [0.1, 0.15) is 5.82 Å². The second-order valence-corrected chi connectivity index (χ2v) is 7.78. The molecule has 0 unspecified atom stereocenters. The second kappa shape index (κ2) is 6.76. The van der Waals surface area contributed by atoms with E-state index in [9.17, 15) is 4.79 Å². The molecule has 0 aromatic carbocycles. The lowest BCUT2D eigenvalue weighted by atomic mass is 9.96. The van der Waals surface area contributed by atoms with Crippen molar-refractivity contribution in [3.8, 4) is 0 Å². The Morgan fingerprint density at radius 1 is 1.39 bits per heavy atom. The summed E-state index contributed by atoms with van der Waals surface area (Å²) >= 11 is 7.00. The number of pyridine rings is 1. The summed E-state index contributed by atoms with van der Waals surface area (Å²) < 4.78 is 1.43. The van der Waals surface area contributed by atoms with Gasteiger partial charge in [-0.15, -0.1) is 10.2 Å². The summed E-state index contributed by atoms with van der Waals surface area (Å²) in [5.74, 6) is 6.92. The largest absolute Gasteiger partial charge is 0.336 e. The number of thioether (sulfide) groups is 1. The lowest BCUT2D eigenvalue weighted by molar-refractivity contribution is -0.115. The number of nitrogen functional groups attached to an aromatic ring is 1. The van der Waals surface area contributed by atoms with Gasteiger partial charge in [0.2, 0.25) is 11.1 Å². The van der Waals surface area contributed by atoms with Crippen molar-refractivity contribution < 1.29 is 4.79 Å². The molecule has 0 bridgehead atoms. The molecule has 0 saturated heterocycles. The third kappa shape index (κ3) is 4.35. The summed E-state index contributed by atoms with van der Waals surface area (Å²) in [5.41, 5.74) is -0.223. The van der Waals surface area contributed by atoms with Crippen LogP contribution in [0.15, 0.2) is 23.5 Å². The minimum Gasteiger partial charge on any atom is -0.336 e. The molecular weight excluding hydrogens is 336 g/mol. The first-order valence-electron chi connectivity index (χ1n) is 6.98. The van der Waals surface area contributed by atoms with Crippen LogP contribution in [0, 0.1) is 0 Å². The molecule has 23 heavy (non-hydrogen) atoms. The van der Waals surface area contributed by atoms with Crippen LogP contribution in [0.25, 0.3) is 0 Å². The van der Waals surface area contributed by atoms with Crippen molar-refractivity contribution in [2.24, 2.45) is 0 Å². The van der Waals surface area contributed by atoms with Crippen LogP contribution in [0.4, 0.5) is 5.82 Å². The van der Waals surface area contributed by atoms with Crippen molar-refractivity contribution in [3.63, 3.8) is 0 Å². The third-order valence-electron chi connectivity index (χ3n) is 2.97. The van der Waals surface area contributed by atoms with E-state index in [1.54, 1.807) is 19.1 Å². The fourth-order valence-corrected chi connectivity index (χ4v) is 2.64. The van der Waals surface area contributed by atoms with Gasteiger partial charge < -0.3 is 11.2 Å². The molecule has 0 radical (unpaired) electrons. The number of nitrogens with one attached hydrogen (secondary N) is 1. The summed E-state index contributed by atoms with van der Waals surface area (Å²) in [6.07, 6.45) is 1.47. The number of aromatic nitrogens is 4. The van der Waals surface area contributed by atoms with Crippen LogP contribution in [-0.4, -0.2) is 31.0 Å². The molecule has 7 nitrogen and oxygen atoms in total. The molecule has 0 spiro atoms.